The largest absolute Gasteiger partial charge is 0.493 e. The summed E-state index contributed by atoms with van der Waals surface area (Å²) in [6.45, 7) is 5.15. The van der Waals surface area contributed by atoms with Gasteiger partial charge in [-0.1, -0.05) is 6.92 Å². The van der Waals surface area contributed by atoms with E-state index < -0.39 is 0 Å². The molecule has 1 aromatic carbocycles. The van der Waals surface area contributed by atoms with Crippen molar-refractivity contribution in [2.24, 2.45) is 0 Å². The molecule has 0 unspecified atom stereocenters. The fraction of sp³-hybridized carbons (Fsp3) is 0.600. The number of benzene rings is 1. The number of aryl methyl sites for hydroxylation is 1. The summed E-state index contributed by atoms with van der Waals surface area (Å²) in [7, 11) is 3.31. The highest BCUT2D eigenvalue weighted by atomic mass is 16.5. The van der Waals surface area contributed by atoms with Crippen LogP contribution in [0.5, 0.6) is 17.2 Å². The van der Waals surface area contributed by atoms with E-state index in [-0.39, 0.29) is 6.10 Å². The molecule has 1 fully saturated rings. The van der Waals surface area contributed by atoms with Crippen molar-refractivity contribution >= 4 is 0 Å². The van der Waals surface area contributed by atoms with Crippen LogP contribution in [0.15, 0.2) is 12.1 Å². The van der Waals surface area contributed by atoms with E-state index in [4.69, 9.17) is 14.2 Å². The summed E-state index contributed by atoms with van der Waals surface area (Å²) in [5, 5.41) is 3.42. The minimum atomic E-state index is 0.245. The molecule has 19 heavy (non-hydrogen) atoms. The van der Waals surface area contributed by atoms with Gasteiger partial charge < -0.3 is 19.5 Å². The Kier molecular flexibility index (Phi) is 4.53. The lowest BCUT2D eigenvalue weighted by atomic mass is 9.89. The maximum atomic E-state index is 6.04. The molecule has 1 aliphatic rings. The van der Waals surface area contributed by atoms with E-state index in [1.165, 1.54) is 0 Å². The third-order valence-corrected chi connectivity index (χ3v) is 3.48. The highest BCUT2D eigenvalue weighted by Crippen LogP contribution is 2.41. The average molecular weight is 265 g/mol. The summed E-state index contributed by atoms with van der Waals surface area (Å²) >= 11 is 0. The molecule has 1 N–H and O–H groups in total. The Hall–Kier alpha value is -1.42. The molecule has 1 aliphatic carbocycles. The maximum Gasteiger partial charge on any atom is 0.203 e. The molecule has 0 amide bonds. The Labute approximate surface area is 115 Å². The summed E-state index contributed by atoms with van der Waals surface area (Å²) in [6.07, 6.45) is 2.32. The van der Waals surface area contributed by atoms with Crippen molar-refractivity contribution in [3.05, 3.63) is 17.7 Å². The van der Waals surface area contributed by atoms with E-state index >= 15 is 0 Å². The maximum absolute atomic E-state index is 6.04. The Bertz CT molecular complexity index is 402. The second kappa shape index (κ2) is 6.15. The van der Waals surface area contributed by atoms with Crippen molar-refractivity contribution in [2.75, 3.05) is 20.8 Å². The fourth-order valence-corrected chi connectivity index (χ4v) is 2.41. The van der Waals surface area contributed by atoms with Gasteiger partial charge in [-0.05, 0) is 44.0 Å². The van der Waals surface area contributed by atoms with E-state index in [9.17, 15) is 0 Å². The van der Waals surface area contributed by atoms with Crippen LogP contribution in [0.25, 0.3) is 0 Å². The summed E-state index contributed by atoms with van der Waals surface area (Å²) < 4.78 is 16.8. The first-order valence-corrected chi connectivity index (χ1v) is 6.80. The van der Waals surface area contributed by atoms with E-state index in [2.05, 4.69) is 12.2 Å². The normalized spacial score (nSPS) is 21.7. The first-order valence-electron chi connectivity index (χ1n) is 6.80. The van der Waals surface area contributed by atoms with Crippen molar-refractivity contribution in [2.45, 2.75) is 38.8 Å². The molecule has 0 aromatic heterocycles. The summed E-state index contributed by atoms with van der Waals surface area (Å²) in [5.74, 6) is 2.20. The van der Waals surface area contributed by atoms with Gasteiger partial charge in [0.25, 0.3) is 0 Å². The second-order valence-corrected chi connectivity index (χ2v) is 4.96. The Morgan fingerprint density at radius 1 is 1.16 bits per heavy atom. The Morgan fingerprint density at radius 2 is 1.74 bits per heavy atom. The van der Waals surface area contributed by atoms with Gasteiger partial charge in [-0.15, -0.1) is 0 Å². The zero-order valence-electron chi connectivity index (χ0n) is 12.2. The molecule has 2 rings (SSSR count). The Balaban J connectivity index is 2.07. The van der Waals surface area contributed by atoms with Crippen LogP contribution >= 0.6 is 0 Å². The van der Waals surface area contributed by atoms with Crippen LogP contribution < -0.4 is 19.5 Å². The highest BCUT2D eigenvalue weighted by molar-refractivity contribution is 5.53. The van der Waals surface area contributed by atoms with Gasteiger partial charge in [-0.3, -0.25) is 0 Å². The van der Waals surface area contributed by atoms with Crippen molar-refractivity contribution in [1.29, 1.82) is 0 Å². The number of hydrogen-bond donors (Lipinski definition) is 1. The number of hydrogen-bond acceptors (Lipinski definition) is 4. The number of methoxy groups -OCH3 is 2. The molecule has 0 heterocycles. The van der Waals surface area contributed by atoms with Crippen LogP contribution in [-0.4, -0.2) is 32.9 Å². The molecule has 0 aliphatic heterocycles. The van der Waals surface area contributed by atoms with E-state index in [1.807, 2.05) is 19.1 Å². The van der Waals surface area contributed by atoms with E-state index in [0.29, 0.717) is 6.04 Å². The van der Waals surface area contributed by atoms with Gasteiger partial charge in [0, 0.05) is 6.04 Å². The van der Waals surface area contributed by atoms with Crippen LogP contribution in [0.4, 0.5) is 0 Å². The van der Waals surface area contributed by atoms with Gasteiger partial charge in [0.05, 0.1) is 14.2 Å². The first-order chi connectivity index (χ1) is 9.17. The molecule has 4 nitrogen and oxygen atoms in total. The van der Waals surface area contributed by atoms with Crippen molar-refractivity contribution in [1.82, 2.24) is 5.32 Å². The summed E-state index contributed by atoms with van der Waals surface area (Å²) in [5.41, 5.74) is 1.10. The monoisotopic (exact) mass is 265 g/mol. The van der Waals surface area contributed by atoms with Crippen molar-refractivity contribution in [3.8, 4) is 17.2 Å². The first kappa shape index (κ1) is 14.0. The van der Waals surface area contributed by atoms with E-state index in [1.54, 1.807) is 14.2 Å². The molecule has 0 spiro atoms. The molecule has 1 saturated carbocycles. The third kappa shape index (κ3) is 3.13. The topological polar surface area (TPSA) is 39.7 Å². The molecule has 0 saturated heterocycles. The minimum absolute atomic E-state index is 0.245. The van der Waals surface area contributed by atoms with Gasteiger partial charge in [-0.25, -0.2) is 0 Å². The SMILES string of the molecule is CCNC1CC(Oc2c(OC)cc(C)cc2OC)C1. The number of ether oxygens (including phenoxy) is 3. The van der Waals surface area contributed by atoms with Gasteiger partial charge in [0.1, 0.15) is 6.10 Å². The van der Waals surface area contributed by atoms with Crippen LogP contribution in [0, 0.1) is 6.92 Å². The third-order valence-electron chi connectivity index (χ3n) is 3.48. The van der Waals surface area contributed by atoms with Crippen molar-refractivity contribution < 1.29 is 14.2 Å². The lowest BCUT2D eigenvalue weighted by Crippen LogP contribution is -2.46. The van der Waals surface area contributed by atoms with Gasteiger partial charge in [0.2, 0.25) is 5.75 Å². The Morgan fingerprint density at radius 3 is 2.21 bits per heavy atom. The van der Waals surface area contributed by atoms with E-state index in [0.717, 1.165) is 42.2 Å². The van der Waals surface area contributed by atoms with Crippen LogP contribution in [-0.2, 0) is 0 Å². The van der Waals surface area contributed by atoms with Crippen LogP contribution in [0.2, 0.25) is 0 Å². The quantitative estimate of drug-likeness (QED) is 0.858. The molecule has 4 heteroatoms. The summed E-state index contributed by atoms with van der Waals surface area (Å²) in [6, 6.07) is 4.52. The van der Waals surface area contributed by atoms with Crippen LogP contribution in [0.3, 0.4) is 0 Å². The highest BCUT2D eigenvalue weighted by Gasteiger charge is 2.31. The molecule has 106 valence electrons. The lowest BCUT2D eigenvalue weighted by molar-refractivity contribution is 0.0798. The standard InChI is InChI=1S/C15H23NO3/c1-5-16-11-8-12(9-11)19-15-13(17-3)6-10(2)7-14(15)18-4/h6-7,11-12,16H,5,8-9H2,1-4H3. The lowest BCUT2D eigenvalue weighted by Gasteiger charge is -2.36. The number of rotatable bonds is 6. The second-order valence-electron chi connectivity index (χ2n) is 4.96. The zero-order valence-corrected chi connectivity index (χ0v) is 12.2. The average Bonchev–Trinajstić information content (AvgIpc) is 2.37. The van der Waals surface area contributed by atoms with Gasteiger partial charge in [-0.2, -0.15) is 0 Å². The predicted octanol–water partition coefficient (Wildman–Crippen LogP) is 2.53. The minimum Gasteiger partial charge on any atom is -0.493 e. The predicted molar refractivity (Wildman–Crippen MR) is 75.4 cm³/mol. The van der Waals surface area contributed by atoms with Gasteiger partial charge >= 0.3 is 0 Å². The molecular weight excluding hydrogens is 242 g/mol. The number of nitrogens with one attached hydrogen (secondary N) is 1. The summed E-state index contributed by atoms with van der Waals surface area (Å²) in [4.78, 5) is 0. The fourth-order valence-electron chi connectivity index (χ4n) is 2.41. The molecular formula is C15H23NO3. The molecule has 0 radical (unpaired) electrons. The molecule has 0 bridgehead atoms. The van der Waals surface area contributed by atoms with Gasteiger partial charge in [0.15, 0.2) is 11.5 Å². The van der Waals surface area contributed by atoms with Crippen molar-refractivity contribution in [3.63, 3.8) is 0 Å². The smallest absolute Gasteiger partial charge is 0.203 e. The molecule has 0 atom stereocenters. The zero-order chi connectivity index (χ0) is 13.8. The molecule has 1 aromatic rings. The van der Waals surface area contributed by atoms with Crippen LogP contribution in [0.1, 0.15) is 25.3 Å².